The van der Waals surface area contributed by atoms with Gasteiger partial charge < -0.3 is 24.5 Å². The lowest BCUT2D eigenvalue weighted by Gasteiger charge is -2.19. The summed E-state index contributed by atoms with van der Waals surface area (Å²) in [6.07, 6.45) is 1.71. The number of rotatable bonds is 10. The van der Waals surface area contributed by atoms with Crippen LogP contribution in [0, 0.1) is 0 Å². The summed E-state index contributed by atoms with van der Waals surface area (Å²) in [5, 5.41) is 6.71. The van der Waals surface area contributed by atoms with Crippen LogP contribution in [0.5, 0.6) is 11.5 Å². The quantitative estimate of drug-likeness (QED) is 0.202. The van der Waals surface area contributed by atoms with Crippen LogP contribution in [0.2, 0.25) is 0 Å². The first-order chi connectivity index (χ1) is 15.6. The van der Waals surface area contributed by atoms with Crippen molar-refractivity contribution in [3.63, 3.8) is 0 Å². The second kappa shape index (κ2) is 13.7. The Morgan fingerprint density at radius 3 is 2.48 bits per heavy atom. The zero-order valence-corrected chi connectivity index (χ0v) is 22.0. The number of halogens is 1. The number of ether oxygens (including phenoxy) is 2. The summed E-state index contributed by atoms with van der Waals surface area (Å²) in [5.74, 6) is 3.03. The highest BCUT2D eigenvalue weighted by atomic mass is 127. The molecule has 0 saturated carbocycles. The van der Waals surface area contributed by atoms with Crippen molar-refractivity contribution in [2.75, 3.05) is 33.1 Å². The molecular formula is C25H33IN4O3. The smallest absolute Gasteiger partial charge is 0.195 e. The van der Waals surface area contributed by atoms with E-state index in [9.17, 15) is 0 Å². The zero-order valence-electron chi connectivity index (χ0n) is 19.6. The van der Waals surface area contributed by atoms with Gasteiger partial charge in [0.15, 0.2) is 17.5 Å². The first-order valence-electron chi connectivity index (χ1n) is 10.7. The van der Waals surface area contributed by atoms with Crippen LogP contribution in [0.25, 0.3) is 0 Å². The van der Waals surface area contributed by atoms with Crippen molar-refractivity contribution in [3.05, 3.63) is 77.7 Å². The molecule has 0 aliphatic heterocycles. The molecule has 8 heteroatoms. The Morgan fingerprint density at radius 2 is 1.82 bits per heavy atom. The fourth-order valence-electron chi connectivity index (χ4n) is 3.41. The van der Waals surface area contributed by atoms with E-state index in [0.717, 1.165) is 30.3 Å². The van der Waals surface area contributed by atoms with E-state index >= 15 is 0 Å². The maximum Gasteiger partial charge on any atom is 0.195 e. The predicted molar refractivity (Wildman–Crippen MR) is 144 cm³/mol. The Balaban J connectivity index is 0.00000385. The average Bonchev–Trinajstić information content (AvgIpc) is 3.31. The highest BCUT2D eigenvalue weighted by molar-refractivity contribution is 14.0. The van der Waals surface area contributed by atoms with Crippen LogP contribution in [0.15, 0.2) is 70.3 Å². The summed E-state index contributed by atoms with van der Waals surface area (Å²) in [6.45, 7) is 4.77. The van der Waals surface area contributed by atoms with Gasteiger partial charge in [-0.2, -0.15) is 0 Å². The molecule has 7 nitrogen and oxygen atoms in total. The summed E-state index contributed by atoms with van der Waals surface area (Å²) >= 11 is 0. The van der Waals surface area contributed by atoms with Crippen molar-refractivity contribution in [2.24, 2.45) is 4.99 Å². The van der Waals surface area contributed by atoms with Gasteiger partial charge in [-0.3, -0.25) is 9.89 Å². The van der Waals surface area contributed by atoms with Crippen LogP contribution in [0.3, 0.4) is 0 Å². The third-order valence-electron chi connectivity index (χ3n) is 4.96. The Hall–Kier alpha value is -2.72. The van der Waals surface area contributed by atoms with Crippen LogP contribution in [-0.4, -0.2) is 38.7 Å². The van der Waals surface area contributed by atoms with E-state index in [1.54, 1.807) is 20.4 Å². The molecule has 0 fully saturated rings. The lowest BCUT2D eigenvalue weighted by Crippen LogP contribution is -2.30. The monoisotopic (exact) mass is 564 g/mol. The van der Waals surface area contributed by atoms with E-state index in [4.69, 9.17) is 13.9 Å². The van der Waals surface area contributed by atoms with E-state index in [1.165, 1.54) is 11.1 Å². The second-order valence-corrected chi connectivity index (χ2v) is 7.37. The molecular weight excluding hydrogens is 531 g/mol. The van der Waals surface area contributed by atoms with Gasteiger partial charge in [-0.15, -0.1) is 24.0 Å². The normalized spacial score (nSPS) is 11.1. The first kappa shape index (κ1) is 26.5. The number of guanidine groups is 1. The molecule has 2 N–H and O–H groups in total. The van der Waals surface area contributed by atoms with Gasteiger partial charge in [0.25, 0.3) is 0 Å². The van der Waals surface area contributed by atoms with E-state index in [1.807, 2.05) is 37.3 Å². The van der Waals surface area contributed by atoms with Gasteiger partial charge in [-0.25, -0.2) is 0 Å². The van der Waals surface area contributed by atoms with Crippen LogP contribution in [0.1, 0.15) is 23.8 Å². The van der Waals surface area contributed by atoms with Crippen LogP contribution in [0.4, 0.5) is 5.69 Å². The lowest BCUT2D eigenvalue weighted by atomic mass is 10.1. The Bertz CT molecular complexity index is 1010. The Labute approximate surface area is 213 Å². The minimum absolute atomic E-state index is 0. The molecule has 33 heavy (non-hydrogen) atoms. The molecule has 1 heterocycles. The minimum Gasteiger partial charge on any atom is -0.493 e. The fourth-order valence-corrected chi connectivity index (χ4v) is 3.41. The largest absolute Gasteiger partial charge is 0.493 e. The van der Waals surface area contributed by atoms with Gasteiger partial charge >= 0.3 is 0 Å². The summed E-state index contributed by atoms with van der Waals surface area (Å²) in [6, 6.07) is 18.1. The molecule has 0 bridgehead atoms. The molecule has 178 valence electrons. The SMILES string of the molecule is CCOc1ccc(NC(=NC)NCc2ccccc2CN(C)Cc2ccco2)cc1OC.I. The van der Waals surface area contributed by atoms with Gasteiger partial charge in [0.05, 0.1) is 26.5 Å². The van der Waals surface area contributed by atoms with Gasteiger partial charge in [-0.05, 0) is 49.4 Å². The molecule has 0 saturated heterocycles. The number of anilines is 1. The Kier molecular flexibility index (Phi) is 11.0. The minimum atomic E-state index is 0. The van der Waals surface area contributed by atoms with E-state index in [2.05, 4.69) is 51.8 Å². The summed E-state index contributed by atoms with van der Waals surface area (Å²) in [4.78, 5) is 6.59. The van der Waals surface area contributed by atoms with Crippen molar-refractivity contribution in [1.82, 2.24) is 10.2 Å². The molecule has 3 aromatic rings. The van der Waals surface area contributed by atoms with Gasteiger partial charge in [0.1, 0.15) is 5.76 Å². The van der Waals surface area contributed by atoms with Gasteiger partial charge in [0.2, 0.25) is 0 Å². The molecule has 0 aliphatic rings. The first-order valence-corrected chi connectivity index (χ1v) is 10.7. The molecule has 2 aromatic carbocycles. The van der Waals surface area contributed by atoms with E-state index in [0.29, 0.717) is 24.9 Å². The third kappa shape index (κ3) is 7.97. The molecule has 0 radical (unpaired) electrons. The molecule has 0 atom stereocenters. The number of aliphatic imine (C=N–C) groups is 1. The van der Waals surface area contributed by atoms with Crippen molar-refractivity contribution in [3.8, 4) is 11.5 Å². The zero-order chi connectivity index (χ0) is 22.8. The van der Waals surface area contributed by atoms with Crippen LogP contribution >= 0.6 is 24.0 Å². The maximum absolute atomic E-state index is 5.59. The Morgan fingerprint density at radius 1 is 1.03 bits per heavy atom. The number of hydrogen-bond acceptors (Lipinski definition) is 5. The number of nitrogens with one attached hydrogen (secondary N) is 2. The number of benzene rings is 2. The summed E-state index contributed by atoms with van der Waals surface area (Å²) in [5.41, 5.74) is 3.34. The number of methoxy groups -OCH3 is 1. The lowest BCUT2D eigenvalue weighted by molar-refractivity contribution is 0.287. The van der Waals surface area contributed by atoms with Gasteiger partial charge in [-0.1, -0.05) is 24.3 Å². The van der Waals surface area contributed by atoms with Crippen molar-refractivity contribution in [2.45, 2.75) is 26.6 Å². The van der Waals surface area contributed by atoms with Crippen molar-refractivity contribution >= 4 is 35.6 Å². The number of hydrogen-bond donors (Lipinski definition) is 2. The molecule has 0 amide bonds. The topological polar surface area (TPSA) is 71.3 Å². The molecule has 0 spiro atoms. The number of nitrogens with zero attached hydrogens (tertiary/aromatic N) is 2. The van der Waals surface area contributed by atoms with Crippen molar-refractivity contribution < 1.29 is 13.9 Å². The molecule has 3 rings (SSSR count). The van der Waals surface area contributed by atoms with E-state index in [-0.39, 0.29) is 24.0 Å². The highest BCUT2D eigenvalue weighted by Crippen LogP contribution is 2.30. The van der Waals surface area contributed by atoms with Gasteiger partial charge in [0, 0.05) is 31.9 Å². The standard InChI is InChI=1S/C25H32N4O3.HI/c1-5-31-23-13-12-21(15-24(23)30-4)28-25(26-2)27-16-19-9-6-7-10-20(19)17-29(3)18-22-11-8-14-32-22;/h6-15H,5,16-18H2,1-4H3,(H2,26,27,28);1H. The van der Waals surface area contributed by atoms with Crippen molar-refractivity contribution in [1.29, 1.82) is 0 Å². The second-order valence-electron chi connectivity index (χ2n) is 7.37. The van der Waals surface area contributed by atoms with Crippen LogP contribution < -0.4 is 20.1 Å². The molecule has 1 aromatic heterocycles. The fraction of sp³-hybridized carbons (Fsp3) is 0.320. The number of furan rings is 1. The summed E-state index contributed by atoms with van der Waals surface area (Å²) in [7, 11) is 5.48. The average molecular weight is 564 g/mol. The maximum atomic E-state index is 5.59. The summed E-state index contributed by atoms with van der Waals surface area (Å²) < 4.78 is 16.5. The highest BCUT2D eigenvalue weighted by Gasteiger charge is 2.10. The van der Waals surface area contributed by atoms with E-state index < -0.39 is 0 Å². The van der Waals surface area contributed by atoms with Crippen LogP contribution in [-0.2, 0) is 19.6 Å². The predicted octanol–water partition coefficient (Wildman–Crippen LogP) is 5.12. The third-order valence-corrected chi connectivity index (χ3v) is 4.96. The molecule has 0 unspecified atom stereocenters. The molecule has 0 aliphatic carbocycles.